The number of ether oxygens (including phenoxy) is 1. The Balaban J connectivity index is -0.000000551. The van der Waals surface area contributed by atoms with Gasteiger partial charge in [-0.2, -0.15) is 0 Å². The van der Waals surface area contributed by atoms with Crippen LogP contribution in [0.25, 0.3) is 0 Å². The first kappa shape index (κ1) is 31.4. The molecule has 2 unspecified atom stereocenters. The minimum absolute atomic E-state index is 0. The lowest BCUT2D eigenvalue weighted by atomic mass is 9.88. The van der Waals surface area contributed by atoms with Gasteiger partial charge in [0.15, 0.2) is 0 Å². The number of likely N-dealkylation sites (N-methyl/N-ethyl adjacent to an activating group) is 1. The zero-order valence-corrected chi connectivity index (χ0v) is 14.1. The lowest BCUT2D eigenvalue weighted by molar-refractivity contribution is -0.870. The molecule has 0 radical (unpaired) electrons. The molecule has 0 aliphatic carbocycles. The van der Waals surface area contributed by atoms with E-state index >= 15 is 0 Å². The van der Waals surface area contributed by atoms with Crippen LogP contribution < -0.4 is 0 Å². The third-order valence-electron chi connectivity index (χ3n) is 3.81. The molecule has 25 heavy (non-hydrogen) atoms. The summed E-state index contributed by atoms with van der Waals surface area (Å²) in [5.74, 6) is 0.299. The second-order valence-electron chi connectivity index (χ2n) is 6.83. The quantitative estimate of drug-likeness (QED) is 0.422. The molecule has 0 amide bonds. The summed E-state index contributed by atoms with van der Waals surface area (Å²) < 4.78 is 6.22. The smallest absolute Gasteiger partial charge is 0.308 e. The van der Waals surface area contributed by atoms with Gasteiger partial charge in [0.05, 0.1) is 27.1 Å². The van der Waals surface area contributed by atoms with Crippen LogP contribution in [0, 0.1) is 5.92 Å². The molecule has 2 atom stereocenters. The Hall–Kier alpha value is -1.35. The predicted molar refractivity (Wildman–Crippen MR) is 114 cm³/mol. The molecule has 0 aliphatic rings. The minimum atomic E-state index is -0.0715. The predicted octanol–water partition coefficient (Wildman–Crippen LogP) is 6.00. The molecular formula is C22H46NO2+. The van der Waals surface area contributed by atoms with Gasteiger partial charge in [-0.3, -0.25) is 4.79 Å². The summed E-state index contributed by atoms with van der Waals surface area (Å²) in [6, 6.07) is 10.4. The highest BCUT2D eigenvalue weighted by Crippen LogP contribution is 2.27. The molecule has 0 aromatic heterocycles. The second kappa shape index (κ2) is 14.9. The summed E-state index contributed by atoms with van der Waals surface area (Å²) in [5, 5.41) is 0. The molecule has 1 rings (SSSR count). The number of carbonyl (C=O) groups excluding carboxylic acids is 1. The van der Waals surface area contributed by atoms with Crippen LogP contribution in [0.1, 0.15) is 67.9 Å². The average Bonchev–Trinajstić information content (AvgIpc) is 2.43. The van der Waals surface area contributed by atoms with Crippen molar-refractivity contribution in [2.75, 3.05) is 34.3 Å². The Morgan fingerprint density at radius 2 is 1.56 bits per heavy atom. The maximum Gasteiger partial charge on any atom is 0.308 e. The number of nitrogens with zero attached hydrogens (tertiary/aromatic N) is 1. The van der Waals surface area contributed by atoms with Crippen molar-refractivity contribution in [3.05, 3.63) is 35.9 Å². The molecule has 0 aliphatic heterocycles. The van der Waals surface area contributed by atoms with E-state index in [4.69, 9.17) is 4.74 Å². The molecule has 0 spiro atoms. The Morgan fingerprint density at radius 1 is 1.04 bits per heavy atom. The van der Waals surface area contributed by atoms with E-state index in [9.17, 15) is 4.79 Å². The highest BCUT2D eigenvalue weighted by atomic mass is 16.5. The van der Waals surface area contributed by atoms with E-state index in [0.717, 1.165) is 23.9 Å². The van der Waals surface area contributed by atoms with Crippen LogP contribution in [-0.4, -0.2) is 44.7 Å². The number of esters is 1. The fourth-order valence-electron chi connectivity index (χ4n) is 2.35. The average molecular weight is 357 g/mol. The number of quaternary nitrogens is 1. The molecule has 0 saturated carbocycles. The van der Waals surface area contributed by atoms with E-state index in [1.165, 1.54) is 5.56 Å². The van der Waals surface area contributed by atoms with Gasteiger partial charge in [0.2, 0.25) is 0 Å². The molecule has 1 aromatic rings. The van der Waals surface area contributed by atoms with Gasteiger partial charge in [0, 0.05) is 0 Å². The van der Waals surface area contributed by atoms with E-state index in [-0.39, 0.29) is 41.6 Å². The number of hydrogen-bond donors (Lipinski definition) is 0. The van der Waals surface area contributed by atoms with Gasteiger partial charge >= 0.3 is 5.97 Å². The summed E-state index contributed by atoms with van der Waals surface area (Å²) in [4.78, 5) is 12.1. The van der Waals surface area contributed by atoms with Crippen LogP contribution in [0.4, 0.5) is 0 Å². The largest absolute Gasteiger partial charge is 0.459 e. The van der Waals surface area contributed by atoms with Gasteiger partial charge in [-0.25, -0.2) is 0 Å². The SMILES string of the molecule is C.C.C.C.CCC(CC(C)C(=O)OCC[N+](C)(C)C)c1ccccc1. The Kier molecular flexibility index (Phi) is 18.8. The Bertz CT molecular complexity index is 423. The summed E-state index contributed by atoms with van der Waals surface area (Å²) >= 11 is 0. The van der Waals surface area contributed by atoms with Crippen molar-refractivity contribution in [2.24, 2.45) is 5.92 Å². The molecule has 0 N–H and O–H groups in total. The van der Waals surface area contributed by atoms with Crippen molar-refractivity contribution in [3.63, 3.8) is 0 Å². The van der Waals surface area contributed by atoms with Crippen LogP contribution >= 0.6 is 0 Å². The third-order valence-corrected chi connectivity index (χ3v) is 3.81. The molecule has 3 nitrogen and oxygen atoms in total. The number of rotatable bonds is 8. The normalized spacial score (nSPS) is 12.2. The van der Waals surface area contributed by atoms with Crippen molar-refractivity contribution in [3.8, 4) is 0 Å². The second-order valence-corrected chi connectivity index (χ2v) is 6.83. The van der Waals surface area contributed by atoms with E-state index in [1.807, 2.05) is 13.0 Å². The zero-order valence-electron chi connectivity index (χ0n) is 14.1. The van der Waals surface area contributed by atoms with E-state index in [0.29, 0.717) is 12.5 Å². The topological polar surface area (TPSA) is 26.3 Å². The van der Waals surface area contributed by atoms with Gasteiger partial charge < -0.3 is 9.22 Å². The monoisotopic (exact) mass is 356 g/mol. The molecule has 150 valence electrons. The van der Waals surface area contributed by atoms with Crippen LogP contribution in [0.15, 0.2) is 30.3 Å². The van der Waals surface area contributed by atoms with Crippen LogP contribution in [-0.2, 0) is 9.53 Å². The number of carbonyl (C=O) groups is 1. The highest BCUT2D eigenvalue weighted by molar-refractivity contribution is 5.72. The van der Waals surface area contributed by atoms with E-state index in [1.54, 1.807) is 0 Å². The minimum Gasteiger partial charge on any atom is -0.459 e. The van der Waals surface area contributed by atoms with Gasteiger partial charge in [0.1, 0.15) is 13.2 Å². The number of benzene rings is 1. The Morgan fingerprint density at radius 3 is 2.00 bits per heavy atom. The maximum absolute atomic E-state index is 12.1. The van der Waals surface area contributed by atoms with Crippen molar-refractivity contribution in [2.45, 2.75) is 62.3 Å². The molecular weight excluding hydrogens is 310 g/mol. The van der Waals surface area contributed by atoms with Crippen LogP contribution in [0.2, 0.25) is 0 Å². The summed E-state index contributed by atoms with van der Waals surface area (Å²) in [7, 11) is 6.29. The van der Waals surface area contributed by atoms with Gasteiger partial charge in [0.25, 0.3) is 0 Å². The van der Waals surface area contributed by atoms with Crippen LogP contribution in [0.3, 0.4) is 0 Å². The van der Waals surface area contributed by atoms with Gasteiger partial charge in [-0.15, -0.1) is 0 Å². The molecule has 0 saturated heterocycles. The fourth-order valence-corrected chi connectivity index (χ4v) is 2.35. The summed E-state index contributed by atoms with van der Waals surface area (Å²) in [6.45, 7) is 5.48. The molecule has 3 heteroatoms. The first-order chi connectivity index (χ1) is 9.83. The van der Waals surface area contributed by atoms with Crippen molar-refractivity contribution < 1.29 is 14.0 Å². The van der Waals surface area contributed by atoms with Gasteiger partial charge in [-0.1, -0.05) is 73.9 Å². The van der Waals surface area contributed by atoms with Crippen molar-refractivity contribution >= 4 is 5.97 Å². The maximum atomic E-state index is 12.1. The van der Waals surface area contributed by atoms with Crippen LogP contribution in [0.5, 0.6) is 0 Å². The summed E-state index contributed by atoms with van der Waals surface area (Å²) in [6.07, 6.45) is 1.89. The molecule has 0 bridgehead atoms. The molecule has 0 fully saturated rings. The highest BCUT2D eigenvalue weighted by Gasteiger charge is 2.21. The lowest BCUT2D eigenvalue weighted by Crippen LogP contribution is -2.38. The Labute approximate surface area is 159 Å². The fraction of sp³-hybridized carbons (Fsp3) is 0.682. The first-order valence-corrected chi connectivity index (χ1v) is 7.85. The zero-order chi connectivity index (χ0) is 15.9. The van der Waals surface area contributed by atoms with Gasteiger partial charge in [-0.05, 0) is 24.3 Å². The van der Waals surface area contributed by atoms with E-state index in [2.05, 4.69) is 52.3 Å². The van der Waals surface area contributed by atoms with Crippen molar-refractivity contribution in [1.82, 2.24) is 0 Å². The molecule has 0 heterocycles. The lowest BCUT2D eigenvalue weighted by Gasteiger charge is -2.24. The standard InChI is InChI=1S/C18H30NO2.4CH4/c1-6-16(17-10-8-7-9-11-17)14-15(2)18(20)21-13-12-19(3,4)5;;;;/h7-11,15-16H,6,12-14H2,1-5H3;4*1H4/q+1;;;;. The number of hydrogen-bond acceptors (Lipinski definition) is 2. The summed E-state index contributed by atoms with van der Waals surface area (Å²) in [5.41, 5.74) is 1.31. The molecule has 1 aromatic carbocycles. The third kappa shape index (κ3) is 12.6. The van der Waals surface area contributed by atoms with E-state index < -0.39 is 0 Å². The first-order valence-electron chi connectivity index (χ1n) is 7.85. The van der Waals surface area contributed by atoms with Crippen molar-refractivity contribution in [1.29, 1.82) is 0 Å².